The lowest BCUT2D eigenvalue weighted by molar-refractivity contribution is 0.0767. The van der Waals surface area contributed by atoms with E-state index in [2.05, 4.69) is 56.4 Å². The molecule has 0 bridgehead atoms. The van der Waals surface area contributed by atoms with Crippen molar-refractivity contribution >= 4 is 38.5 Å². The molecular formula is C22H23BrN4OS. The highest BCUT2D eigenvalue weighted by atomic mass is 79.9. The topological polar surface area (TPSA) is 49.3 Å². The van der Waals surface area contributed by atoms with E-state index in [0.29, 0.717) is 6.54 Å². The van der Waals surface area contributed by atoms with Gasteiger partial charge in [0.1, 0.15) is 5.82 Å². The Kier molecular flexibility index (Phi) is 6.25. The molecule has 1 aliphatic heterocycles. The molecule has 0 radical (unpaired) electrons. The summed E-state index contributed by atoms with van der Waals surface area (Å²) in [6.45, 7) is 5.21. The fourth-order valence-corrected chi connectivity index (χ4v) is 4.59. The van der Waals surface area contributed by atoms with Crippen LogP contribution in [0.4, 0.5) is 5.13 Å². The first kappa shape index (κ1) is 20.0. The van der Waals surface area contributed by atoms with E-state index in [9.17, 15) is 4.79 Å². The monoisotopic (exact) mass is 470 g/mol. The molecule has 1 amide bonds. The van der Waals surface area contributed by atoms with Crippen LogP contribution in [0.5, 0.6) is 0 Å². The Labute approximate surface area is 183 Å². The maximum atomic E-state index is 12.8. The molecular weight excluding hydrogens is 448 g/mol. The number of carbonyl (C=O) groups is 1. The van der Waals surface area contributed by atoms with Crippen molar-refractivity contribution in [3.8, 4) is 0 Å². The molecule has 0 N–H and O–H groups in total. The normalized spacial score (nSPS) is 14.7. The summed E-state index contributed by atoms with van der Waals surface area (Å²) in [4.78, 5) is 21.8. The maximum absolute atomic E-state index is 12.8. The van der Waals surface area contributed by atoms with Gasteiger partial charge in [-0.2, -0.15) is 4.37 Å². The number of rotatable bonds is 4. The summed E-state index contributed by atoms with van der Waals surface area (Å²) in [5.41, 5.74) is 3.21. The zero-order chi connectivity index (χ0) is 20.2. The van der Waals surface area contributed by atoms with Crippen molar-refractivity contribution in [1.82, 2.24) is 14.3 Å². The molecule has 1 aromatic heterocycles. The number of amides is 1. The number of aryl methyl sites for hydroxylation is 1. The summed E-state index contributed by atoms with van der Waals surface area (Å²) in [5, 5.41) is 0.948. The standard InChI is InChI=1S/C22H23BrN4OS/c1-16-6-8-17(9-7-16)14-20-24-22(29-25-20)27-11-3-10-26(12-13-27)21(28)18-4-2-5-19(23)15-18/h2,4-9,15H,3,10-14H2,1H3. The second-order valence-corrected chi connectivity index (χ2v) is 8.94. The first-order valence-electron chi connectivity index (χ1n) is 9.76. The van der Waals surface area contributed by atoms with Gasteiger partial charge in [-0.05, 0) is 37.1 Å². The van der Waals surface area contributed by atoms with Crippen LogP contribution < -0.4 is 4.90 Å². The molecule has 2 heterocycles. The summed E-state index contributed by atoms with van der Waals surface area (Å²) in [6, 6.07) is 16.1. The fraction of sp³-hybridized carbons (Fsp3) is 0.318. The Morgan fingerprint density at radius 1 is 1.10 bits per heavy atom. The lowest BCUT2D eigenvalue weighted by Gasteiger charge is -2.21. The Bertz CT molecular complexity index is 988. The van der Waals surface area contributed by atoms with E-state index in [1.165, 1.54) is 22.7 Å². The molecule has 0 spiro atoms. The van der Waals surface area contributed by atoms with Gasteiger partial charge in [-0.15, -0.1) is 0 Å². The molecule has 0 saturated carbocycles. The van der Waals surface area contributed by atoms with E-state index in [1.807, 2.05) is 29.2 Å². The van der Waals surface area contributed by atoms with Crippen LogP contribution in [-0.4, -0.2) is 46.3 Å². The summed E-state index contributed by atoms with van der Waals surface area (Å²) >= 11 is 4.90. The SMILES string of the molecule is Cc1ccc(Cc2nsc(N3CCCN(C(=O)c4cccc(Br)c4)CC3)n2)cc1. The van der Waals surface area contributed by atoms with E-state index >= 15 is 0 Å². The molecule has 1 saturated heterocycles. The van der Waals surface area contributed by atoms with Crippen molar-refractivity contribution in [2.45, 2.75) is 19.8 Å². The van der Waals surface area contributed by atoms with Gasteiger partial charge in [0, 0.05) is 54.2 Å². The van der Waals surface area contributed by atoms with E-state index in [0.717, 1.165) is 53.5 Å². The van der Waals surface area contributed by atoms with Gasteiger partial charge in [0.2, 0.25) is 5.13 Å². The van der Waals surface area contributed by atoms with Crippen molar-refractivity contribution in [3.05, 3.63) is 75.5 Å². The highest BCUT2D eigenvalue weighted by Crippen LogP contribution is 2.22. The van der Waals surface area contributed by atoms with Crippen molar-refractivity contribution in [2.24, 2.45) is 0 Å². The van der Waals surface area contributed by atoms with Crippen molar-refractivity contribution in [3.63, 3.8) is 0 Å². The quantitative estimate of drug-likeness (QED) is 0.560. The largest absolute Gasteiger partial charge is 0.345 e. The molecule has 0 unspecified atom stereocenters. The van der Waals surface area contributed by atoms with Crippen LogP contribution in [-0.2, 0) is 6.42 Å². The van der Waals surface area contributed by atoms with E-state index < -0.39 is 0 Å². The van der Waals surface area contributed by atoms with E-state index in [1.54, 1.807) is 0 Å². The molecule has 1 aliphatic rings. The van der Waals surface area contributed by atoms with Crippen LogP contribution in [0, 0.1) is 6.92 Å². The maximum Gasteiger partial charge on any atom is 0.253 e. The first-order chi connectivity index (χ1) is 14.1. The number of nitrogens with zero attached hydrogens (tertiary/aromatic N) is 4. The summed E-state index contributed by atoms with van der Waals surface area (Å²) in [6.07, 6.45) is 1.67. The third kappa shape index (κ3) is 5.03. The van der Waals surface area contributed by atoms with E-state index in [-0.39, 0.29) is 5.91 Å². The number of aromatic nitrogens is 2. The molecule has 1 fully saturated rings. The Morgan fingerprint density at radius 2 is 1.93 bits per heavy atom. The van der Waals surface area contributed by atoms with Gasteiger partial charge in [0.05, 0.1) is 0 Å². The molecule has 4 rings (SSSR count). The average molecular weight is 471 g/mol. The van der Waals surface area contributed by atoms with Gasteiger partial charge >= 0.3 is 0 Å². The summed E-state index contributed by atoms with van der Waals surface area (Å²) in [5.74, 6) is 0.950. The van der Waals surface area contributed by atoms with Gasteiger partial charge in [0.15, 0.2) is 0 Å². The van der Waals surface area contributed by atoms with Crippen LogP contribution in [0.2, 0.25) is 0 Å². The number of halogens is 1. The van der Waals surface area contributed by atoms with Gasteiger partial charge in [0.25, 0.3) is 5.91 Å². The second kappa shape index (κ2) is 9.05. The molecule has 7 heteroatoms. The molecule has 0 aliphatic carbocycles. The van der Waals surface area contributed by atoms with Crippen molar-refractivity contribution in [2.75, 3.05) is 31.1 Å². The van der Waals surface area contributed by atoms with Crippen molar-refractivity contribution < 1.29 is 4.79 Å². The zero-order valence-electron chi connectivity index (χ0n) is 16.3. The molecule has 3 aromatic rings. The number of hydrogen-bond acceptors (Lipinski definition) is 5. The van der Waals surface area contributed by atoms with Crippen LogP contribution in [0.1, 0.15) is 33.7 Å². The predicted molar refractivity (Wildman–Crippen MR) is 121 cm³/mol. The minimum Gasteiger partial charge on any atom is -0.345 e. The molecule has 150 valence electrons. The lowest BCUT2D eigenvalue weighted by Crippen LogP contribution is -2.35. The minimum absolute atomic E-state index is 0.0884. The molecule has 0 atom stereocenters. The Hall–Kier alpha value is -2.25. The first-order valence-corrected chi connectivity index (χ1v) is 11.3. The number of carbonyl (C=O) groups excluding carboxylic acids is 1. The van der Waals surface area contributed by atoms with Gasteiger partial charge in [-0.1, -0.05) is 51.8 Å². The number of hydrogen-bond donors (Lipinski definition) is 0. The molecule has 29 heavy (non-hydrogen) atoms. The number of anilines is 1. The fourth-order valence-electron chi connectivity index (χ4n) is 3.45. The lowest BCUT2D eigenvalue weighted by atomic mass is 10.1. The Balaban J connectivity index is 1.39. The van der Waals surface area contributed by atoms with Crippen molar-refractivity contribution in [1.29, 1.82) is 0 Å². The van der Waals surface area contributed by atoms with Crippen LogP contribution in [0.3, 0.4) is 0 Å². The van der Waals surface area contributed by atoms with Gasteiger partial charge in [-0.25, -0.2) is 4.98 Å². The summed E-state index contributed by atoms with van der Waals surface area (Å²) in [7, 11) is 0. The number of benzene rings is 2. The highest BCUT2D eigenvalue weighted by molar-refractivity contribution is 9.10. The van der Waals surface area contributed by atoms with Crippen LogP contribution in [0.25, 0.3) is 0 Å². The highest BCUT2D eigenvalue weighted by Gasteiger charge is 2.22. The van der Waals surface area contributed by atoms with Crippen LogP contribution in [0.15, 0.2) is 53.0 Å². The van der Waals surface area contributed by atoms with Crippen LogP contribution >= 0.6 is 27.5 Å². The average Bonchev–Trinajstić information content (AvgIpc) is 3.04. The third-order valence-corrected chi connectivity index (χ3v) is 6.37. The van der Waals surface area contributed by atoms with E-state index in [4.69, 9.17) is 4.98 Å². The smallest absolute Gasteiger partial charge is 0.253 e. The minimum atomic E-state index is 0.0884. The van der Waals surface area contributed by atoms with Gasteiger partial charge < -0.3 is 9.80 Å². The summed E-state index contributed by atoms with van der Waals surface area (Å²) < 4.78 is 5.48. The Morgan fingerprint density at radius 3 is 2.72 bits per heavy atom. The molecule has 5 nitrogen and oxygen atoms in total. The predicted octanol–water partition coefficient (Wildman–Crippen LogP) is 4.55. The van der Waals surface area contributed by atoms with Gasteiger partial charge in [-0.3, -0.25) is 4.79 Å². The zero-order valence-corrected chi connectivity index (χ0v) is 18.7. The second-order valence-electron chi connectivity index (χ2n) is 7.30. The molecule has 2 aromatic carbocycles. The third-order valence-electron chi connectivity index (χ3n) is 5.07.